The smallest absolute Gasteiger partial charge is 0.232 e. The zero-order valence-corrected chi connectivity index (χ0v) is 14.4. The van der Waals surface area contributed by atoms with E-state index in [1.54, 1.807) is 0 Å². The number of hydrogen-bond donors (Lipinski definition) is 1. The molecule has 0 spiro atoms. The van der Waals surface area contributed by atoms with Crippen molar-refractivity contribution < 1.29 is 14.0 Å². The Kier molecular flexibility index (Phi) is 5.30. The quantitative estimate of drug-likeness (QED) is 0.869. The molecule has 1 aromatic heterocycles. The molecule has 134 valence electrons. The fourth-order valence-electron chi connectivity index (χ4n) is 3.46. The summed E-state index contributed by atoms with van der Waals surface area (Å²) in [5.41, 5.74) is 3.12. The van der Waals surface area contributed by atoms with Gasteiger partial charge in [-0.3, -0.25) is 0 Å². The van der Waals surface area contributed by atoms with Crippen LogP contribution in [0.4, 0.5) is 5.88 Å². The van der Waals surface area contributed by atoms with Gasteiger partial charge in [-0.25, -0.2) is 0 Å². The molecule has 2 aromatic rings. The molecule has 6 nitrogen and oxygen atoms in total. The van der Waals surface area contributed by atoms with E-state index in [4.69, 9.17) is 14.0 Å². The van der Waals surface area contributed by atoms with E-state index in [2.05, 4.69) is 27.5 Å². The SMILES string of the molecule is c1ccc(-c2noc(N3CCOCC3)c2CNCC2CCCO2)cc1. The number of morpholine rings is 1. The lowest BCUT2D eigenvalue weighted by atomic mass is 10.1. The predicted molar refractivity (Wildman–Crippen MR) is 95.7 cm³/mol. The van der Waals surface area contributed by atoms with Gasteiger partial charge >= 0.3 is 0 Å². The highest BCUT2D eigenvalue weighted by Gasteiger charge is 2.24. The Balaban J connectivity index is 1.54. The van der Waals surface area contributed by atoms with E-state index in [0.29, 0.717) is 6.10 Å². The molecule has 2 saturated heterocycles. The van der Waals surface area contributed by atoms with E-state index in [9.17, 15) is 0 Å². The van der Waals surface area contributed by atoms with Crippen molar-refractivity contribution in [1.29, 1.82) is 0 Å². The molecule has 0 radical (unpaired) electrons. The molecular formula is C19H25N3O3. The standard InChI is InChI=1S/C19H25N3O3/c1-2-5-15(6-3-1)18-17(14-20-13-16-7-4-10-24-16)19(25-21-18)22-8-11-23-12-9-22/h1-3,5-6,16,20H,4,7-14H2. The molecule has 2 aliphatic rings. The third-order valence-electron chi connectivity index (χ3n) is 4.81. The molecule has 2 fully saturated rings. The fourth-order valence-corrected chi connectivity index (χ4v) is 3.46. The monoisotopic (exact) mass is 343 g/mol. The van der Waals surface area contributed by atoms with Crippen LogP contribution in [0.25, 0.3) is 11.3 Å². The molecule has 6 heteroatoms. The number of nitrogens with zero attached hydrogens (tertiary/aromatic N) is 2. The van der Waals surface area contributed by atoms with Crippen molar-refractivity contribution in [3.8, 4) is 11.3 Å². The molecule has 1 atom stereocenters. The minimum atomic E-state index is 0.326. The molecule has 1 unspecified atom stereocenters. The van der Waals surface area contributed by atoms with Crippen molar-refractivity contribution in [1.82, 2.24) is 10.5 Å². The van der Waals surface area contributed by atoms with E-state index in [1.807, 2.05) is 18.2 Å². The lowest BCUT2D eigenvalue weighted by molar-refractivity contribution is 0.110. The third-order valence-corrected chi connectivity index (χ3v) is 4.81. The summed E-state index contributed by atoms with van der Waals surface area (Å²) in [6, 6.07) is 10.2. The topological polar surface area (TPSA) is 59.8 Å². The summed E-state index contributed by atoms with van der Waals surface area (Å²) in [5.74, 6) is 0.863. The first-order valence-corrected chi connectivity index (χ1v) is 9.11. The molecule has 2 aliphatic heterocycles. The highest BCUT2D eigenvalue weighted by Crippen LogP contribution is 2.31. The minimum absolute atomic E-state index is 0.326. The van der Waals surface area contributed by atoms with Gasteiger partial charge in [-0.15, -0.1) is 0 Å². The van der Waals surface area contributed by atoms with Gasteiger partial charge in [0.2, 0.25) is 5.88 Å². The van der Waals surface area contributed by atoms with Gasteiger partial charge in [-0.2, -0.15) is 0 Å². The maximum absolute atomic E-state index is 5.76. The minimum Gasteiger partial charge on any atom is -0.378 e. The van der Waals surface area contributed by atoms with Crippen LogP contribution in [0.3, 0.4) is 0 Å². The maximum Gasteiger partial charge on any atom is 0.232 e. The molecule has 0 amide bonds. The summed E-state index contributed by atoms with van der Waals surface area (Å²) in [6.45, 7) is 5.59. The van der Waals surface area contributed by atoms with Crippen molar-refractivity contribution in [2.24, 2.45) is 0 Å². The van der Waals surface area contributed by atoms with Crippen molar-refractivity contribution in [3.05, 3.63) is 35.9 Å². The summed E-state index contributed by atoms with van der Waals surface area (Å²) >= 11 is 0. The molecule has 1 N–H and O–H groups in total. The summed E-state index contributed by atoms with van der Waals surface area (Å²) in [7, 11) is 0. The van der Waals surface area contributed by atoms with Crippen LogP contribution in [0, 0.1) is 0 Å². The normalized spacial score (nSPS) is 21.0. The average Bonchev–Trinajstić information content (AvgIpc) is 3.33. The number of ether oxygens (including phenoxy) is 2. The van der Waals surface area contributed by atoms with E-state index < -0.39 is 0 Å². The Morgan fingerprint density at radius 1 is 1.12 bits per heavy atom. The second kappa shape index (κ2) is 7.99. The fraction of sp³-hybridized carbons (Fsp3) is 0.526. The Labute approximate surface area is 148 Å². The number of aromatic nitrogens is 1. The van der Waals surface area contributed by atoms with E-state index >= 15 is 0 Å². The van der Waals surface area contributed by atoms with Gasteiger partial charge in [0.05, 0.1) is 24.9 Å². The largest absolute Gasteiger partial charge is 0.378 e. The van der Waals surface area contributed by atoms with Gasteiger partial charge in [0.15, 0.2) is 0 Å². The maximum atomic E-state index is 5.76. The van der Waals surface area contributed by atoms with Crippen LogP contribution in [-0.2, 0) is 16.0 Å². The second-order valence-corrected chi connectivity index (χ2v) is 6.55. The average molecular weight is 343 g/mol. The predicted octanol–water partition coefficient (Wildman–Crippen LogP) is 2.45. The Bertz CT molecular complexity index is 662. The van der Waals surface area contributed by atoms with Gasteiger partial charge < -0.3 is 24.2 Å². The molecule has 0 bridgehead atoms. The lowest BCUT2D eigenvalue weighted by Gasteiger charge is -2.26. The Hall–Kier alpha value is -1.89. The van der Waals surface area contributed by atoms with Crippen LogP contribution in [0.2, 0.25) is 0 Å². The number of benzene rings is 1. The van der Waals surface area contributed by atoms with Crippen LogP contribution < -0.4 is 10.2 Å². The first-order valence-electron chi connectivity index (χ1n) is 9.11. The lowest BCUT2D eigenvalue weighted by Crippen LogP contribution is -2.37. The Morgan fingerprint density at radius 2 is 1.96 bits per heavy atom. The number of nitrogens with one attached hydrogen (secondary N) is 1. The number of anilines is 1. The van der Waals surface area contributed by atoms with Gasteiger partial charge in [-0.1, -0.05) is 35.5 Å². The van der Waals surface area contributed by atoms with Crippen molar-refractivity contribution >= 4 is 5.88 Å². The van der Waals surface area contributed by atoms with Crippen LogP contribution in [0.5, 0.6) is 0 Å². The van der Waals surface area contributed by atoms with Crippen molar-refractivity contribution in [2.75, 3.05) is 44.4 Å². The molecule has 0 saturated carbocycles. The van der Waals surface area contributed by atoms with Gasteiger partial charge in [-0.05, 0) is 12.8 Å². The van der Waals surface area contributed by atoms with Crippen LogP contribution in [0.1, 0.15) is 18.4 Å². The van der Waals surface area contributed by atoms with Crippen molar-refractivity contribution in [3.63, 3.8) is 0 Å². The van der Waals surface area contributed by atoms with Gasteiger partial charge in [0.1, 0.15) is 5.69 Å². The number of hydrogen-bond acceptors (Lipinski definition) is 6. The highest BCUT2D eigenvalue weighted by molar-refractivity contribution is 5.68. The summed E-state index contributed by atoms with van der Waals surface area (Å²) in [6.07, 6.45) is 2.62. The van der Waals surface area contributed by atoms with Crippen LogP contribution >= 0.6 is 0 Å². The molecule has 3 heterocycles. The van der Waals surface area contributed by atoms with Crippen LogP contribution in [0.15, 0.2) is 34.9 Å². The molecule has 25 heavy (non-hydrogen) atoms. The Morgan fingerprint density at radius 3 is 2.72 bits per heavy atom. The van der Waals surface area contributed by atoms with E-state index in [1.165, 1.54) is 0 Å². The van der Waals surface area contributed by atoms with E-state index in [-0.39, 0.29) is 0 Å². The van der Waals surface area contributed by atoms with E-state index in [0.717, 1.165) is 81.5 Å². The second-order valence-electron chi connectivity index (χ2n) is 6.55. The van der Waals surface area contributed by atoms with Gasteiger partial charge in [0.25, 0.3) is 0 Å². The van der Waals surface area contributed by atoms with Crippen LogP contribution in [-0.4, -0.2) is 50.7 Å². The molecule has 0 aliphatic carbocycles. The van der Waals surface area contributed by atoms with Gasteiger partial charge in [0, 0.05) is 38.3 Å². The summed E-state index contributed by atoms with van der Waals surface area (Å²) in [4.78, 5) is 2.23. The summed E-state index contributed by atoms with van der Waals surface area (Å²) in [5, 5.41) is 7.92. The first kappa shape index (κ1) is 16.6. The summed E-state index contributed by atoms with van der Waals surface area (Å²) < 4.78 is 16.9. The van der Waals surface area contributed by atoms with Crippen molar-refractivity contribution in [2.45, 2.75) is 25.5 Å². The first-order chi connectivity index (χ1) is 12.4. The third kappa shape index (κ3) is 3.86. The number of rotatable bonds is 6. The molecule has 1 aromatic carbocycles. The zero-order chi connectivity index (χ0) is 16.9. The molecular weight excluding hydrogens is 318 g/mol. The zero-order valence-electron chi connectivity index (χ0n) is 14.4. The molecule has 4 rings (SSSR count). The highest BCUT2D eigenvalue weighted by atomic mass is 16.5.